The molecule has 0 bridgehead atoms. The molecule has 1 rings (SSSR count). The normalized spacial score (nSPS) is 14.4. The zero-order valence-electron chi connectivity index (χ0n) is 10.7. The smallest absolute Gasteiger partial charge is 0.126 e. The summed E-state index contributed by atoms with van der Waals surface area (Å²) in [6.45, 7) is 2.76. The van der Waals surface area contributed by atoms with E-state index in [1.807, 2.05) is 6.92 Å². The van der Waals surface area contributed by atoms with Crippen LogP contribution in [0, 0.1) is 5.82 Å². The van der Waals surface area contributed by atoms with Gasteiger partial charge in [0.15, 0.2) is 0 Å². The molecule has 0 spiro atoms. The van der Waals surface area contributed by atoms with Crippen molar-refractivity contribution in [2.75, 3.05) is 20.3 Å². The van der Waals surface area contributed by atoms with Crippen molar-refractivity contribution in [1.82, 2.24) is 5.32 Å². The molecule has 0 aromatic heterocycles. The number of halogens is 1. The largest absolute Gasteiger partial charge is 0.508 e. The number of aromatic hydroxyl groups is 1. The SMILES string of the molecule is COCC(O)CCNC(C)c1ccc(F)cc1O. The van der Waals surface area contributed by atoms with Gasteiger partial charge < -0.3 is 20.3 Å². The molecule has 2 atom stereocenters. The van der Waals surface area contributed by atoms with E-state index in [9.17, 15) is 14.6 Å². The van der Waals surface area contributed by atoms with Gasteiger partial charge in [0.25, 0.3) is 0 Å². The zero-order chi connectivity index (χ0) is 13.5. The van der Waals surface area contributed by atoms with Gasteiger partial charge in [-0.3, -0.25) is 0 Å². The molecule has 0 heterocycles. The summed E-state index contributed by atoms with van der Waals surface area (Å²) in [5.74, 6) is -0.522. The first-order valence-electron chi connectivity index (χ1n) is 5.93. The number of benzene rings is 1. The molecule has 0 aliphatic carbocycles. The van der Waals surface area contributed by atoms with Gasteiger partial charge in [0.1, 0.15) is 11.6 Å². The summed E-state index contributed by atoms with van der Waals surface area (Å²) in [5, 5.41) is 22.2. The van der Waals surface area contributed by atoms with Crippen molar-refractivity contribution >= 4 is 0 Å². The molecule has 0 radical (unpaired) electrons. The molecule has 2 unspecified atom stereocenters. The van der Waals surface area contributed by atoms with Crippen LogP contribution in [0.25, 0.3) is 0 Å². The van der Waals surface area contributed by atoms with Gasteiger partial charge in [-0.25, -0.2) is 4.39 Å². The number of phenolic OH excluding ortho intramolecular Hbond substituents is 1. The fraction of sp³-hybridized carbons (Fsp3) is 0.538. The van der Waals surface area contributed by atoms with E-state index in [1.165, 1.54) is 13.2 Å². The average Bonchev–Trinajstić information content (AvgIpc) is 2.29. The number of phenols is 1. The van der Waals surface area contributed by atoms with E-state index in [0.717, 1.165) is 6.07 Å². The molecular formula is C13H20FNO3. The summed E-state index contributed by atoms with van der Waals surface area (Å²) >= 11 is 0. The third kappa shape index (κ3) is 4.60. The molecule has 5 heteroatoms. The lowest BCUT2D eigenvalue weighted by Crippen LogP contribution is -2.25. The number of nitrogens with one attached hydrogen (secondary N) is 1. The Labute approximate surface area is 106 Å². The maximum atomic E-state index is 12.8. The van der Waals surface area contributed by atoms with Crippen molar-refractivity contribution in [3.8, 4) is 5.75 Å². The molecule has 0 aliphatic heterocycles. The topological polar surface area (TPSA) is 61.7 Å². The van der Waals surface area contributed by atoms with Gasteiger partial charge in [-0.1, -0.05) is 6.07 Å². The lowest BCUT2D eigenvalue weighted by atomic mass is 10.1. The van der Waals surface area contributed by atoms with Crippen molar-refractivity contribution in [2.24, 2.45) is 0 Å². The summed E-state index contributed by atoms with van der Waals surface area (Å²) in [6, 6.07) is 3.84. The Bertz CT molecular complexity index is 373. The fourth-order valence-electron chi connectivity index (χ4n) is 1.74. The minimum atomic E-state index is -0.503. The van der Waals surface area contributed by atoms with Crippen molar-refractivity contribution in [2.45, 2.75) is 25.5 Å². The number of hydrogen-bond donors (Lipinski definition) is 3. The Morgan fingerprint density at radius 1 is 1.44 bits per heavy atom. The highest BCUT2D eigenvalue weighted by Crippen LogP contribution is 2.24. The third-order valence-corrected chi connectivity index (χ3v) is 2.75. The molecule has 1 aromatic carbocycles. The summed E-state index contributed by atoms with van der Waals surface area (Å²) in [5.41, 5.74) is 0.637. The number of hydrogen-bond acceptors (Lipinski definition) is 4. The second kappa shape index (κ2) is 7.31. The van der Waals surface area contributed by atoms with Gasteiger partial charge in [0.2, 0.25) is 0 Å². The van der Waals surface area contributed by atoms with Crippen LogP contribution in [0.2, 0.25) is 0 Å². The van der Waals surface area contributed by atoms with Gasteiger partial charge in [-0.05, 0) is 26.0 Å². The first-order valence-corrected chi connectivity index (χ1v) is 5.93. The van der Waals surface area contributed by atoms with E-state index in [2.05, 4.69) is 5.32 Å². The first kappa shape index (κ1) is 14.9. The molecule has 102 valence electrons. The highest BCUT2D eigenvalue weighted by atomic mass is 19.1. The van der Waals surface area contributed by atoms with Crippen molar-refractivity contribution in [3.63, 3.8) is 0 Å². The zero-order valence-corrected chi connectivity index (χ0v) is 10.7. The van der Waals surface area contributed by atoms with Crippen LogP contribution in [0.15, 0.2) is 18.2 Å². The average molecular weight is 257 g/mol. The first-order chi connectivity index (χ1) is 8.54. The highest BCUT2D eigenvalue weighted by Gasteiger charge is 2.11. The predicted molar refractivity (Wildman–Crippen MR) is 67.0 cm³/mol. The molecule has 0 saturated heterocycles. The highest BCUT2D eigenvalue weighted by molar-refractivity contribution is 5.34. The van der Waals surface area contributed by atoms with E-state index in [4.69, 9.17) is 4.74 Å². The van der Waals surface area contributed by atoms with Crippen LogP contribution in [-0.4, -0.2) is 36.6 Å². The third-order valence-electron chi connectivity index (χ3n) is 2.75. The molecule has 0 aliphatic rings. The number of rotatable bonds is 7. The van der Waals surface area contributed by atoms with E-state index in [-0.39, 0.29) is 11.8 Å². The maximum Gasteiger partial charge on any atom is 0.126 e. The minimum absolute atomic E-state index is 0.0626. The number of ether oxygens (including phenoxy) is 1. The molecule has 0 amide bonds. The Hall–Kier alpha value is -1.17. The monoisotopic (exact) mass is 257 g/mol. The van der Waals surface area contributed by atoms with Crippen molar-refractivity contribution in [3.05, 3.63) is 29.6 Å². The van der Waals surface area contributed by atoms with Crippen LogP contribution in [0.5, 0.6) is 5.75 Å². The lowest BCUT2D eigenvalue weighted by Gasteiger charge is -2.17. The molecule has 4 nitrogen and oxygen atoms in total. The molecule has 1 aromatic rings. The molecule has 3 N–H and O–H groups in total. The molecule has 0 saturated carbocycles. The molecule has 0 fully saturated rings. The fourth-order valence-corrected chi connectivity index (χ4v) is 1.74. The number of aliphatic hydroxyl groups is 1. The molecule has 18 heavy (non-hydrogen) atoms. The van der Waals surface area contributed by atoms with Gasteiger partial charge >= 0.3 is 0 Å². The van der Waals surface area contributed by atoms with E-state index in [1.54, 1.807) is 6.07 Å². The van der Waals surface area contributed by atoms with Crippen molar-refractivity contribution < 1.29 is 19.3 Å². The van der Waals surface area contributed by atoms with Gasteiger partial charge in [-0.2, -0.15) is 0 Å². The summed E-state index contributed by atoms with van der Waals surface area (Å²) in [4.78, 5) is 0. The summed E-state index contributed by atoms with van der Waals surface area (Å²) in [7, 11) is 1.54. The van der Waals surface area contributed by atoms with Crippen LogP contribution in [-0.2, 0) is 4.74 Å². The second-order valence-corrected chi connectivity index (χ2v) is 4.28. The Morgan fingerprint density at radius 3 is 2.78 bits per heavy atom. The van der Waals surface area contributed by atoms with Crippen LogP contribution < -0.4 is 5.32 Å². The van der Waals surface area contributed by atoms with Crippen LogP contribution in [0.4, 0.5) is 4.39 Å². The van der Waals surface area contributed by atoms with Crippen LogP contribution in [0.3, 0.4) is 0 Å². The summed E-state index contributed by atoms with van der Waals surface area (Å²) in [6.07, 6.45) is 0.0525. The quantitative estimate of drug-likeness (QED) is 0.694. The van der Waals surface area contributed by atoms with Gasteiger partial charge in [-0.15, -0.1) is 0 Å². The Morgan fingerprint density at radius 2 is 2.17 bits per heavy atom. The minimum Gasteiger partial charge on any atom is -0.508 e. The lowest BCUT2D eigenvalue weighted by molar-refractivity contribution is 0.0590. The number of methoxy groups -OCH3 is 1. The van der Waals surface area contributed by atoms with Gasteiger partial charge in [0.05, 0.1) is 12.7 Å². The standard InChI is InChI=1S/C13H20FNO3/c1-9(15-6-5-11(16)8-18-2)12-4-3-10(14)7-13(12)17/h3-4,7,9,11,15-17H,5-6,8H2,1-2H3. The second-order valence-electron chi connectivity index (χ2n) is 4.28. The predicted octanol–water partition coefficient (Wildman–Crippen LogP) is 1.58. The summed E-state index contributed by atoms with van der Waals surface area (Å²) < 4.78 is 17.6. The van der Waals surface area contributed by atoms with Crippen LogP contribution in [0.1, 0.15) is 24.9 Å². The molecular weight excluding hydrogens is 237 g/mol. The Kier molecular flexibility index (Phi) is 6.04. The van der Waals surface area contributed by atoms with Crippen LogP contribution >= 0.6 is 0 Å². The van der Waals surface area contributed by atoms with Crippen molar-refractivity contribution in [1.29, 1.82) is 0 Å². The van der Waals surface area contributed by atoms with E-state index >= 15 is 0 Å². The van der Waals surface area contributed by atoms with E-state index < -0.39 is 11.9 Å². The van der Waals surface area contributed by atoms with E-state index in [0.29, 0.717) is 25.1 Å². The Balaban J connectivity index is 2.43. The number of aliphatic hydroxyl groups excluding tert-OH is 1. The van der Waals surface area contributed by atoms with Gasteiger partial charge in [0, 0.05) is 24.8 Å². The maximum absolute atomic E-state index is 12.8.